The molecule has 6 heteroatoms. The predicted octanol–water partition coefficient (Wildman–Crippen LogP) is 0.191. The van der Waals surface area contributed by atoms with Gasteiger partial charge in [-0.2, -0.15) is 0 Å². The second-order valence-electron chi connectivity index (χ2n) is 3.66. The summed E-state index contributed by atoms with van der Waals surface area (Å²) in [5.74, 6) is 0.388. The highest BCUT2D eigenvalue weighted by Gasteiger charge is 2.48. The number of ether oxygens (including phenoxy) is 2. The zero-order chi connectivity index (χ0) is 10.1. The quantitative estimate of drug-likeness (QED) is 0.641. The summed E-state index contributed by atoms with van der Waals surface area (Å²) in [6, 6.07) is 0. The molecule has 0 aliphatic carbocycles. The zero-order valence-electron chi connectivity index (χ0n) is 8.00. The maximum Gasteiger partial charge on any atom is 0.136 e. The van der Waals surface area contributed by atoms with Gasteiger partial charge in [-0.15, -0.1) is 0 Å². The first-order valence-electron chi connectivity index (χ1n) is 4.80. The molecule has 82 valence electrons. The van der Waals surface area contributed by atoms with Crippen LogP contribution in [0.25, 0.3) is 0 Å². The largest absolute Gasteiger partial charge is 0.372 e. The summed E-state index contributed by atoms with van der Waals surface area (Å²) in [5, 5.41) is 16.7. The van der Waals surface area contributed by atoms with Gasteiger partial charge in [0.2, 0.25) is 0 Å². The highest BCUT2D eigenvalue weighted by Crippen LogP contribution is 2.34. The van der Waals surface area contributed by atoms with Crippen LogP contribution >= 0.6 is 0 Å². The second-order valence-corrected chi connectivity index (χ2v) is 3.66. The first-order valence-corrected chi connectivity index (χ1v) is 4.80. The smallest absolute Gasteiger partial charge is 0.136 e. The lowest BCUT2D eigenvalue weighted by Gasteiger charge is -2.17. The van der Waals surface area contributed by atoms with Crippen LogP contribution in [0.3, 0.4) is 0 Å². The number of hydrogen-bond donors (Lipinski definition) is 2. The summed E-state index contributed by atoms with van der Waals surface area (Å²) < 4.78 is 11.0. The molecule has 0 saturated carbocycles. The van der Waals surface area contributed by atoms with Gasteiger partial charge < -0.3 is 9.47 Å². The maximum absolute atomic E-state index is 8.51. The Hall–Kier alpha value is -0.240. The van der Waals surface area contributed by atoms with E-state index in [9.17, 15) is 0 Å². The van der Waals surface area contributed by atoms with Crippen molar-refractivity contribution in [2.24, 2.45) is 5.92 Å². The summed E-state index contributed by atoms with van der Waals surface area (Å²) >= 11 is 0. The molecule has 0 aromatic heterocycles. The Morgan fingerprint density at radius 2 is 2.00 bits per heavy atom. The van der Waals surface area contributed by atoms with Gasteiger partial charge in [0.25, 0.3) is 0 Å². The zero-order valence-corrected chi connectivity index (χ0v) is 8.00. The van der Waals surface area contributed by atoms with Gasteiger partial charge in [-0.3, -0.25) is 10.4 Å². The molecule has 14 heavy (non-hydrogen) atoms. The SMILES string of the molecule is CC[C@H]1COC2C1OC[C@H]2ON(O)O. The molecule has 2 aliphatic rings. The molecule has 2 N–H and O–H groups in total. The average molecular weight is 205 g/mol. The van der Waals surface area contributed by atoms with Crippen LogP contribution in [-0.4, -0.2) is 47.3 Å². The van der Waals surface area contributed by atoms with E-state index in [1.807, 2.05) is 0 Å². The summed E-state index contributed by atoms with van der Waals surface area (Å²) in [5.41, 5.74) is 0. The fourth-order valence-electron chi connectivity index (χ4n) is 2.10. The van der Waals surface area contributed by atoms with E-state index in [0.717, 1.165) is 6.42 Å². The van der Waals surface area contributed by atoms with Gasteiger partial charge >= 0.3 is 0 Å². The van der Waals surface area contributed by atoms with Crippen molar-refractivity contribution in [3.8, 4) is 0 Å². The highest BCUT2D eigenvalue weighted by molar-refractivity contribution is 4.93. The summed E-state index contributed by atoms with van der Waals surface area (Å²) in [6.45, 7) is 3.07. The molecule has 2 fully saturated rings. The minimum Gasteiger partial charge on any atom is -0.372 e. The monoisotopic (exact) mass is 205 g/mol. The number of nitrogens with zero attached hydrogens (tertiary/aromatic N) is 1. The number of hydrogen-bond acceptors (Lipinski definition) is 6. The summed E-state index contributed by atoms with van der Waals surface area (Å²) in [7, 11) is 0. The Labute approximate surface area is 81.8 Å². The standard InChI is InChI=1S/C8H15NO5/c1-2-5-3-12-8-6(14-9(10)11)4-13-7(5)8/h5-8,10-11H,2-4H2,1H3/t5-,6+,7?,8?/m0/s1. The third kappa shape index (κ3) is 1.77. The van der Waals surface area contributed by atoms with Crippen LogP contribution in [0.4, 0.5) is 0 Å². The van der Waals surface area contributed by atoms with Gasteiger partial charge in [-0.05, 0) is 6.42 Å². The van der Waals surface area contributed by atoms with Crippen molar-refractivity contribution in [3.05, 3.63) is 0 Å². The normalized spacial score (nSPS) is 42.0. The second kappa shape index (κ2) is 4.09. The summed E-state index contributed by atoms with van der Waals surface area (Å²) in [6.07, 6.45) is 0.425. The Bertz CT molecular complexity index is 200. The Balaban J connectivity index is 1.94. The van der Waals surface area contributed by atoms with Crippen LogP contribution in [0, 0.1) is 5.92 Å². The van der Waals surface area contributed by atoms with Crippen LogP contribution in [0.5, 0.6) is 0 Å². The lowest BCUT2D eigenvalue weighted by molar-refractivity contribution is -0.507. The molecule has 0 bridgehead atoms. The molecule has 4 atom stereocenters. The van der Waals surface area contributed by atoms with Gasteiger partial charge in [0.15, 0.2) is 0 Å². The lowest BCUT2D eigenvalue weighted by atomic mass is 9.99. The van der Waals surface area contributed by atoms with Crippen molar-refractivity contribution < 1.29 is 24.7 Å². The van der Waals surface area contributed by atoms with Crippen LogP contribution in [0.15, 0.2) is 0 Å². The fraction of sp³-hybridized carbons (Fsp3) is 1.00. The third-order valence-electron chi connectivity index (χ3n) is 2.86. The van der Waals surface area contributed by atoms with E-state index < -0.39 is 6.10 Å². The maximum atomic E-state index is 8.51. The van der Waals surface area contributed by atoms with E-state index in [4.69, 9.17) is 24.7 Å². The van der Waals surface area contributed by atoms with Crippen molar-refractivity contribution in [1.29, 1.82) is 0 Å². The first-order chi connectivity index (χ1) is 6.72. The van der Waals surface area contributed by atoms with Crippen LogP contribution < -0.4 is 0 Å². The minimum atomic E-state index is -0.424. The van der Waals surface area contributed by atoms with Gasteiger partial charge in [0.05, 0.1) is 24.7 Å². The van der Waals surface area contributed by atoms with E-state index in [1.165, 1.54) is 0 Å². The summed E-state index contributed by atoms with van der Waals surface area (Å²) in [4.78, 5) is 4.71. The predicted molar refractivity (Wildman–Crippen MR) is 43.5 cm³/mol. The first kappa shape index (κ1) is 10.3. The van der Waals surface area contributed by atoms with E-state index in [-0.39, 0.29) is 17.6 Å². The van der Waals surface area contributed by atoms with Gasteiger partial charge in [0.1, 0.15) is 12.2 Å². The van der Waals surface area contributed by atoms with E-state index in [1.54, 1.807) is 0 Å². The Morgan fingerprint density at radius 1 is 1.29 bits per heavy atom. The Kier molecular flexibility index (Phi) is 3.01. The van der Waals surface area contributed by atoms with Crippen molar-refractivity contribution in [3.63, 3.8) is 0 Å². The molecule has 2 saturated heterocycles. The fourth-order valence-corrected chi connectivity index (χ4v) is 2.10. The topological polar surface area (TPSA) is 71.4 Å². The Morgan fingerprint density at radius 3 is 2.64 bits per heavy atom. The van der Waals surface area contributed by atoms with E-state index in [0.29, 0.717) is 19.1 Å². The van der Waals surface area contributed by atoms with Gasteiger partial charge in [-0.25, -0.2) is 4.84 Å². The van der Waals surface area contributed by atoms with Crippen molar-refractivity contribution in [1.82, 2.24) is 5.39 Å². The van der Waals surface area contributed by atoms with Crippen LogP contribution in [-0.2, 0) is 14.3 Å². The third-order valence-corrected chi connectivity index (χ3v) is 2.86. The molecule has 2 aliphatic heterocycles. The number of fused-ring (bicyclic) bond motifs is 1. The molecule has 2 unspecified atom stereocenters. The molecule has 6 nitrogen and oxygen atoms in total. The molecule has 0 amide bonds. The van der Waals surface area contributed by atoms with Crippen molar-refractivity contribution in [2.75, 3.05) is 13.2 Å². The van der Waals surface area contributed by atoms with Gasteiger partial charge in [-0.1, -0.05) is 6.92 Å². The van der Waals surface area contributed by atoms with Crippen LogP contribution in [0.1, 0.15) is 13.3 Å². The molecule has 0 aromatic rings. The molecule has 0 aromatic carbocycles. The van der Waals surface area contributed by atoms with Crippen molar-refractivity contribution >= 4 is 0 Å². The molecule has 2 rings (SSSR count). The molecular formula is C8H15NO5. The molecule has 0 spiro atoms. The minimum absolute atomic E-state index is 0.0324. The van der Waals surface area contributed by atoms with E-state index >= 15 is 0 Å². The van der Waals surface area contributed by atoms with Crippen molar-refractivity contribution in [2.45, 2.75) is 31.7 Å². The van der Waals surface area contributed by atoms with Gasteiger partial charge in [0, 0.05) is 5.92 Å². The number of rotatable bonds is 3. The highest BCUT2D eigenvalue weighted by atomic mass is 17.1. The molecule has 2 heterocycles. The average Bonchev–Trinajstić information content (AvgIpc) is 2.67. The van der Waals surface area contributed by atoms with E-state index in [2.05, 4.69) is 6.92 Å². The van der Waals surface area contributed by atoms with Crippen LogP contribution in [0.2, 0.25) is 0 Å². The molecular weight excluding hydrogens is 190 g/mol. The lowest BCUT2D eigenvalue weighted by Crippen LogP contribution is -2.35. The molecule has 0 radical (unpaired) electrons.